The number of halogens is 1. The predicted octanol–water partition coefficient (Wildman–Crippen LogP) is 2.94. The molecule has 0 bridgehead atoms. The van der Waals surface area contributed by atoms with E-state index in [0.29, 0.717) is 6.54 Å². The van der Waals surface area contributed by atoms with Gasteiger partial charge < -0.3 is 10.6 Å². The summed E-state index contributed by atoms with van der Waals surface area (Å²) in [5.41, 5.74) is 1.05. The maximum absolute atomic E-state index is 12.2. The summed E-state index contributed by atoms with van der Waals surface area (Å²) in [7, 11) is 0. The lowest BCUT2D eigenvalue weighted by atomic mass is 9.97. The molecule has 0 saturated carbocycles. The number of nitrogens with one attached hydrogen (secondary N) is 2. The van der Waals surface area contributed by atoms with Crippen molar-refractivity contribution in [3.63, 3.8) is 0 Å². The van der Waals surface area contributed by atoms with Crippen molar-refractivity contribution < 1.29 is 4.79 Å². The van der Waals surface area contributed by atoms with Crippen LogP contribution in [0.15, 0.2) is 24.3 Å². The number of fused-ring (bicyclic) bond motifs is 1. The number of thiazole rings is 1. The number of hydrogen-bond donors (Lipinski definition) is 2. The summed E-state index contributed by atoms with van der Waals surface area (Å²) >= 11 is 1.72. The van der Waals surface area contributed by atoms with E-state index in [4.69, 9.17) is 0 Å². The first-order valence-corrected chi connectivity index (χ1v) is 8.39. The highest BCUT2D eigenvalue weighted by Gasteiger charge is 2.21. The molecule has 1 amide bonds. The molecule has 2 aromatic rings. The largest absolute Gasteiger partial charge is 0.355 e. The Morgan fingerprint density at radius 3 is 2.86 bits per heavy atom. The Labute approximate surface area is 141 Å². The highest BCUT2D eigenvalue weighted by atomic mass is 35.5. The molecular formula is C16H22ClN3OS. The summed E-state index contributed by atoms with van der Waals surface area (Å²) in [4.78, 5) is 16.8. The summed E-state index contributed by atoms with van der Waals surface area (Å²) in [6, 6.07) is 8.18. The molecule has 120 valence electrons. The second kappa shape index (κ2) is 7.90. The topological polar surface area (TPSA) is 54.0 Å². The van der Waals surface area contributed by atoms with Crippen LogP contribution in [-0.2, 0) is 4.79 Å². The number of piperidine rings is 1. The Balaban J connectivity index is 0.00000176. The van der Waals surface area contributed by atoms with Crippen LogP contribution >= 0.6 is 23.7 Å². The van der Waals surface area contributed by atoms with Gasteiger partial charge in [-0.2, -0.15) is 0 Å². The summed E-state index contributed by atoms with van der Waals surface area (Å²) < 4.78 is 1.21. The van der Waals surface area contributed by atoms with Crippen LogP contribution in [0.5, 0.6) is 0 Å². The number of para-hydroxylation sites is 1. The smallest absolute Gasteiger partial charge is 0.223 e. The third-order valence-corrected chi connectivity index (χ3v) is 5.29. The maximum atomic E-state index is 12.2. The molecule has 1 unspecified atom stereocenters. The lowest BCUT2D eigenvalue weighted by Crippen LogP contribution is -2.39. The minimum absolute atomic E-state index is 0. The molecule has 1 fully saturated rings. The zero-order valence-corrected chi connectivity index (χ0v) is 14.3. The average molecular weight is 340 g/mol. The van der Waals surface area contributed by atoms with E-state index in [9.17, 15) is 4.79 Å². The first-order valence-electron chi connectivity index (χ1n) is 7.58. The van der Waals surface area contributed by atoms with Crippen molar-refractivity contribution in [1.82, 2.24) is 15.6 Å². The van der Waals surface area contributed by atoms with Crippen molar-refractivity contribution in [1.29, 1.82) is 0 Å². The standard InChI is InChI=1S/C16H21N3OS.ClH/c1-11(10-18-15(20)12-6-8-17-9-7-12)16-19-13-4-2-3-5-14(13)21-16;/h2-5,11-12,17H,6-10H2,1H3,(H,18,20);1H. The fourth-order valence-corrected chi connectivity index (χ4v) is 3.69. The Hall–Kier alpha value is -1.17. The van der Waals surface area contributed by atoms with Crippen molar-refractivity contribution in [3.05, 3.63) is 29.3 Å². The van der Waals surface area contributed by atoms with Crippen LogP contribution in [0.2, 0.25) is 0 Å². The van der Waals surface area contributed by atoms with Crippen molar-refractivity contribution in [2.45, 2.75) is 25.7 Å². The fraction of sp³-hybridized carbons (Fsp3) is 0.500. The monoisotopic (exact) mass is 339 g/mol. The van der Waals surface area contributed by atoms with E-state index in [2.05, 4.69) is 28.6 Å². The molecule has 2 N–H and O–H groups in total. The fourth-order valence-electron chi connectivity index (χ4n) is 2.67. The summed E-state index contributed by atoms with van der Waals surface area (Å²) in [5.74, 6) is 0.631. The van der Waals surface area contributed by atoms with Gasteiger partial charge in [0.1, 0.15) is 0 Å². The second-order valence-electron chi connectivity index (χ2n) is 5.69. The van der Waals surface area contributed by atoms with E-state index in [1.165, 1.54) is 4.70 Å². The van der Waals surface area contributed by atoms with Gasteiger partial charge in [-0.25, -0.2) is 4.98 Å². The number of carbonyl (C=O) groups excluding carboxylic acids is 1. The molecule has 2 heterocycles. The Morgan fingerprint density at radius 1 is 1.41 bits per heavy atom. The minimum atomic E-state index is 0. The molecule has 1 aromatic heterocycles. The van der Waals surface area contributed by atoms with Crippen LogP contribution in [0.3, 0.4) is 0 Å². The van der Waals surface area contributed by atoms with Gasteiger partial charge in [-0.15, -0.1) is 23.7 Å². The highest BCUT2D eigenvalue weighted by Crippen LogP contribution is 2.27. The third kappa shape index (κ3) is 3.97. The number of nitrogens with zero attached hydrogens (tertiary/aromatic N) is 1. The Morgan fingerprint density at radius 2 is 2.14 bits per heavy atom. The second-order valence-corrected chi connectivity index (χ2v) is 6.75. The summed E-state index contributed by atoms with van der Waals surface area (Å²) in [6.45, 7) is 4.69. The van der Waals surface area contributed by atoms with E-state index in [0.717, 1.165) is 36.5 Å². The first-order chi connectivity index (χ1) is 10.2. The normalized spacial score (nSPS) is 17.0. The Kier molecular flexibility index (Phi) is 6.17. The van der Waals surface area contributed by atoms with Gasteiger partial charge in [0.05, 0.1) is 15.2 Å². The van der Waals surface area contributed by atoms with E-state index in [1.54, 1.807) is 11.3 Å². The van der Waals surface area contributed by atoms with Gasteiger partial charge in [0, 0.05) is 18.4 Å². The van der Waals surface area contributed by atoms with Gasteiger partial charge in [-0.05, 0) is 38.1 Å². The van der Waals surface area contributed by atoms with E-state index >= 15 is 0 Å². The number of aromatic nitrogens is 1. The third-order valence-electron chi connectivity index (χ3n) is 4.02. The number of rotatable bonds is 4. The molecule has 22 heavy (non-hydrogen) atoms. The Bertz CT molecular complexity index is 592. The van der Waals surface area contributed by atoms with Gasteiger partial charge >= 0.3 is 0 Å². The minimum Gasteiger partial charge on any atom is -0.355 e. The van der Waals surface area contributed by atoms with E-state index in [-0.39, 0.29) is 30.2 Å². The van der Waals surface area contributed by atoms with Gasteiger partial charge in [-0.1, -0.05) is 19.1 Å². The summed E-state index contributed by atoms with van der Waals surface area (Å²) in [6.07, 6.45) is 1.89. The van der Waals surface area contributed by atoms with Crippen LogP contribution in [0.1, 0.15) is 30.7 Å². The number of carbonyl (C=O) groups is 1. The quantitative estimate of drug-likeness (QED) is 0.900. The van der Waals surface area contributed by atoms with Gasteiger partial charge in [0.25, 0.3) is 0 Å². The molecule has 0 aliphatic carbocycles. The highest BCUT2D eigenvalue weighted by molar-refractivity contribution is 7.18. The molecule has 4 nitrogen and oxygen atoms in total. The molecule has 1 aromatic carbocycles. The summed E-state index contributed by atoms with van der Waals surface area (Å²) in [5, 5.41) is 7.48. The molecular weight excluding hydrogens is 318 g/mol. The zero-order valence-electron chi connectivity index (χ0n) is 12.7. The van der Waals surface area contributed by atoms with Gasteiger partial charge in [0.2, 0.25) is 5.91 Å². The van der Waals surface area contributed by atoms with Crippen LogP contribution in [0.4, 0.5) is 0 Å². The molecule has 0 radical (unpaired) electrons. The molecule has 1 aliphatic heterocycles. The number of amides is 1. The molecule has 1 aliphatic rings. The van der Waals surface area contributed by atoms with E-state index in [1.807, 2.05) is 18.2 Å². The van der Waals surface area contributed by atoms with E-state index < -0.39 is 0 Å². The van der Waals surface area contributed by atoms with Crippen molar-refractivity contribution in [2.75, 3.05) is 19.6 Å². The SMILES string of the molecule is CC(CNC(=O)C1CCNCC1)c1nc2ccccc2s1.Cl. The van der Waals surface area contributed by atoms with Crippen LogP contribution in [-0.4, -0.2) is 30.5 Å². The van der Waals surface area contributed by atoms with Crippen LogP contribution < -0.4 is 10.6 Å². The van der Waals surface area contributed by atoms with Gasteiger partial charge in [0.15, 0.2) is 0 Å². The van der Waals surface area contributed by atoms with Gasteiger partial charge in [-0.3, -0.25) is 4.79 Å². The molecule has 1 atom stereocenters. The van der Waals surface area contributed by atoms with Crippen molar-refractivity contribution >= 4 is 39.9 Å². The van der Waals surface area contributed by atoms with Crippen molar-refractivity contribution in [3.8, 4) is 0 Å². The average Bonchev–Trinajstić information content (AvgIpc) is 2.97. The maximum Gasteiger partial charge on any atom is 0.223 e. The van der Waals surface area contributed by atoms with Crippen LogP contribution in [0.25, 0.3) is 10.2 Å². The molecule has 1 saturated heterocycles. The molecule has 6 heteroatoms. The number of hydrogen-bond acceptors (Lipinski definition) is 4. The predicted molar refractivity (Wildman–Crippen MR) is 93.9 cm³/mol. The molecule has 3 rings (SSSR count). The van der Waals surface area contributed by atoms with Crippen molar-refractivity contribution in [2.24, 2.45) is 5.92 Å². The first kappa shape index (κ1) is 17.2. The zero-order chi connectivity index (χ0) is 14.7. The lowest BCUT2D eigenvalue weighted by molar-refractivity contribution is -0.125. The van der Waals surface area contributed by atoms with Crippen LogP contribution in [0, 0.1) is 5.92 Å². The lowest BCUT2D eigenvalue weighted by Gasteiger charge is -2.22. The number of benzene rings is 1. The molecule has 0 spiro atoms.